The van der Waals surface area contributed by atoms with E-state index in [0.717, 1.165) is 19.3 Å². The van der Waals surface area contributed by atoms with Crippen LogP contribution in [-0.4, -0.2) is 19.5 Å². The van der Waals surface area contributed by atoms with Gasteiger partial charge in [-0.1, -0.05) is 0 Å². The molecule has 16 heavy (non-hydrogen) atoms. The molecule has 1 aliphatic rings. The summed E-state index contributed by atoms with van der Waals surface area (Å²) < 4.78 is 1.60. The Kier molecular flexibility index (Phi) is 1.80. The Bertz CT molecular complexity index is 659. The molecule has 0 aliphatic heterocycles. The van der Waals surface area contributed by atoms with Gasteiger partial charge in [0.2, 0.25) is 0 Å². The van der Waals surface area contributed by atoms with E-state index in [9.17, 15) is 9.59 Å². The van der Waals surface area contributed by atoms with Crippen LogP contribution in [0, 0.1) is 6.92 Å². The van der Waals surface area contributed by atoms with Gasteiger partial charge in [-0.3, -0.25) is 14.3 Å². The number of hydrogen-bond donors (Lipinski definition) is 2. The lowest BCUT2D eigenvalue weighted by Crippen LogP contribution is -2.35. The quantitative estimate of drug-likeness (QED) is 0.731. The largest absolute Gasteiger partial charge is 0.336 e. The van der Waals surface area contributed by atoms with Gasteiger partial charge in [-0.25, -0.2) is 9.78 Å². The average molecular weight is 220 g/mol. The zero-order valence-corrected chi connectivity index (χ0v) is 8.91. The number of aromatic amines is 2. The average Bonchev–Trinajstić information content (AvgIpc) is 2.51. The maximum absolute atomic E-state index is 11.8. The smallest absolute Gasteiger partial charge is 0.330 e. The molecule has 2 heterocycles. The summed E-state index contributed by atoms with van der Waals surface area (Å²) in [5.74, 6) is 0.652. The van der Waals surface area contributed by atoms with E-state index >= 15 is 0 Å². The van der Waals surface area contributed by atoms with Gasteiger partial charge in [0.15, 0.2) is 5.65 Å². The molecule has 0 atom stereocenters. The van der Waals surface area contributed by atoms with Gasteiger partial charge in [0.25, 0.3) is 5.56 Å². The molecule has 0 spiro atoms. The normalized spacial score (nSPS) is 16.6. The second kappa shape index (κ2) is 3.07. The fraction of sp³-hybridized carbons (Fsp3) is 0.500. The molecule has 0 amide bonds. The summed E-state index contributed by atoms with van der Waals surface area (Å²) in [7, 11) is 0. The highest BCUT2D eigenvalue weighted by Gasteiger charge is 2.24. The third-order valence-corrected chi connectivity index (χ3v) is 3.14. The first-order valence-electron chi connectivity index (χ1n) is 5.38. The zero-order valence-electron chi connectivity index (χ0n) is 8.91. The fourth-order valence-electron chi connectivity index (χ4n) is 2.11. The van der Waals surface area contributed by atoms with Crippen LogP contribution >= 0.6 is 0 Å². The fourth-order valence-corrected chi connectivity index (χ4v) is 2.11. The number of nitrogens with zero attached hydrogens (tertiary/aromatic N) is 2. The maximum atomic E-state index is 11.8. The van der Waals surface area contributed by atoms with Crippen LogP contribution in [0.3, 0.4) is 0 Å². The van der Waals surface area contributed by atoms with Crippen molar-refractivity contribution in [2.45, 2.75) is 32.2 Å². The number of fused-ring (bicyclic) bond motifs is 1. The molecule has 2 N–H and O–H groups in total. The Morgan fingerprint density at radius 1 is 1.31 bits per heavy atom. The molecule has 2 aromatic rings. The molecule has 1 fully saturated rings. The highest BCUT2D eigenvalue weighted by Crippen LogP contribution is 2.31. The van der Waals surface area contributed by atoms with Crippen LogP contribution in [0.1, 0.15) is 31.1 Å². The summed E-state index contributed by atoms with van der Waals surface area (Å²) in [5, 5.41) is 0. The first-order chi connectivity index (χ1) is 7.66. The molecule has 6 heteroatoms. The van der Waals surface area contributed by atoms with E-state index < -0.39 is 5.56 Å². The van der Waals surface area contributed by atoms with Crippen LogP contribution in [0.5, 0.6) is 0 Å². The van der Waals surface area contributed by atoms with Crippen molar-refractivity contribution in [2.75, 3.05) is 0 Å². The molecule has 0 radical (unpaired) electrons. The number of H-pyrrole nitrogens is 2. The van der Waals surface area contributed by atoms with E-state index in [1.807, 2.05) is 0 Å². The Hall–Kier alpha value is -1.85. The Balaban J connectivity index is 2.41. The van der Waals surface area contributed by atoms with Crippen LogP contribution in [0.25, 0.3) is 11.2 Å². The molecule has 0 aromatic carbocycles. The zero-order chi connectivity index (χ0) is 11.3. The van der Waals surface area contributed by atoms with Crippen molar-refractivity contribution >= 4 is 11.2 Å². The van der Waals surface area contributed by atoms with Gasteiger partial charge in [-0.2, -0.15) is 0 Å². The van der Waals surface area contributed by atoms with E-state index in [1.54, 1.807) is 11.5 Å². The molecule has 0 bridgehead atoms. The van der Waals surface area contributed by atoms with Gasteiger partial charge in [-0.05, 0) is 26.2 Å². The van der Waals surface area contributed by atoms with Crippen LogP contribution in [-0.2, 0) is 0 Å². The van der Waals surface area contributed by atoms with Crippen LogP contribution in [0.15, 0.2) is 9.59 Å². The standard InChI is InChI=1S/C10H12N4O2/c1-5-11-7-8(12-5)14(6-3-2-4-6)10(16)13-9(7)15/h6H,2-4H2,1H3,(H,11,12)(H,13,15,16). The van der Waals surface area contributed by atoms with Gasteiger partial charge < -0.3 is 4.98 Å². The van der Waals surface area contributed by atoms with E-state index in [0.29, 0.717) is 17.0 Å². The third-order valence-electron chi connectivity index (χ3n) is 3.14. The summed E-state index contributed by atoms with van der Waals surface area (Å²) in [6.45, 7) is 1.77. The Labute approximate surface area is 90.3 Å². The van der Waals surface area contributed by atoms with Gasteiger partial charge in [0.05, 0.1) is 0 Å². The van der Waals surface area contributed by atoms with E-state index in [1.165, 1.54) is 0 Å². The monoisotopic (exact) mass is 220 g/mol. The van der Waals surface area contributed by atoms with Crippen molar-refractivity contribution in [3.63, 3.8) is 0 Å². The number of imidazole rings is 1. The van der Waals surface area contributed by atoms with Crippen LogP contribution < -0.4 is 11.2 Å². The van der Waals surface area contributed by atoms with Crippen LogP contribution in [0.2, 0.25) is 0 Å². The van der Waals surface area contributed by atoms with Gasteiger partial charge in [0, 0.05) is 6.04 Å². The topological polar surface area (TPSA) is 83.5 Å². The lowest BCUT2D eigenvalue weighted by atomic mass is 9.93. The van der Waals surface area contributed by atoms with Crippen molar-refractivity contribution < 1.29 is 0 Å². The Morgan fingerprint density at radius 3 is 2.69 bits per heavy atom. The minimum absolute atomic E-state index is 0.189. The van der Waals surface area contributed by atoms with E-state index in [-0.39, 0.29) is 11.7 Å². The van der Waals surface area contributed by atoms with E-state index in [4.69, 9.17) is 0 Å². The lowest BCUT2D eigenvalue weighted by Gasteiger charge is -2.27. The summed E-state index contributed by atoms with van der Waals surface area (Å²) in [6, 6.07) is 0.189. The molecule has 1 aliphatic carbocycles. The summed E-state index contributed by atoms with van der Waals surface area (Å²) in [5.41, 5.74) is 0.129. The van der Waals surface area contributed by atoms with Gasteiger partial charge in [0.1, 0.15) is 11.3 Å². The van der Waals surface area contributed by atoms with Crippen molar-refractivity contribution in [3.05, 3.63) is 26.7 Å². The third kappa shape index (κ3) is 1.16. The van der Waals surface area contributed by atoms with Crippen LogP contribution in [0.4, 0.5) is 0 Å². The minimum atomic E-state index is -0.392. The maximum Gasteiger partial charge on any atom is 0.330 e. The van der Waals surface area contributed by atoms with Gasteiger partial charge in [-0.15, -0.1) is 0 Å². The molecule has 84 valence electrons. The van der Waals surface area contributed by atoms with Crippen molar-refractivity contribution in [1.82, 2.24) is 19.5 Å². The Morgan fingerprint density at radius 2 is 2.06 bits per heavy atom. The molecule has 2 aromatic heterocycles. The number of nitrogens with one attached hydrogen (secondary N) is 2. The predicted molar refractivity (Wildman–Crippen MR) is 58.6 cm³/mol. The number of hydrogen-bond acceptors (Lipinski definition) is 3. The van der Waals surface area contributed by atoms with Gasteiger partial charge >= 0.3 is 5.69 Å². The number of aryl methyl sites for hydroxylation is 1. The van der Waals surface area contributed by atoms with Crippen molar-refractivity contribution in [2.24, 2.45) is 0 Å². The molecule has 3 rings (SSSR count). The molecule has 0 unspecified atom stereocenters. The molecule has 6 nitrogen and oxygen atoms in total. The number of rotatable bonds is 1. The highest BCUT2D eigenvalue weighted by atomic mass is 16.2. The predicted octanol–water partition coefficient (Wildman–Crippen LogP) is 0.446. The highest BCUT2D eigenvalue weighted by molar-refractivity contribution is 5.69. The minimum Gasteiger partial charge on any atom is -0.336 e. The molecule has 1 saturated carbocycles. The first kappa shape index (κ1) is 9.38. The second-order valence-corrected chi connectivity index (χ2v) is 4.23. The molecular formula is C10H12N4O2. The second-order valence-electron chi connectivity index (χ2n) is 4.23. The lowest BCUT2D eigenvalue weighted by molar-refractivity contribution is 0.310. The SMILES string of the molecule is Cc1nc2c([nH]1)c(=O)[nH]c(=O)n2C1CCC1. The van der Waals surface area contributed by atoms with Crippen molar-refractivity contribution in [1.29, 1.82) is 0 Å². The summed E-state index contributed by atoms with van der Waals surface area (Å²) >= 11 is 0. The summed E-state index contributed by atoms with van der Waals surface area (Å²) in [4.78, 5) is 32.7. The summed E-state index contributed by atoms with van der Waals surface area (Å²) in [6.07, 6.45) is 3.08. The van der Waals surface area contributed by atoms with E-state index in [2.05, 4.69) is 15.0 Å². The first-order valence-corrected chi connectivity index (χ1v) is 5.38. The van der Waals surface area contributed by atoms with Crippen molar-refractivity contribution in [3.8, 4) is 0 Å². The number of aromatic nitrogens is 4. The molecule has 0 saturated heterocycles. The molecular weight excluding hydrogens is 208 g/mol.